The van der Waals surface area contributed by atoms with Gasteiger partial charge in [0.15, 0.2) is 16.4 Å². The molecule has 1 N–H and O–H groups in total. The molecule has 0 spiro atoms. The SMILES string of the molecule is O=C(OCC(=O)N(Cc1ccccc1)[C@@H]1CCS(=O)(=O)C1)c1ccccc1O. The molecule has 0 radical (unpaired) electrons. The van der Waals surface area contributed by atoms with Crippen LogP contribution in [-0.4, -0.2) is 54.5 Å². The Hall–Kier alpha value is -2.87. The highest BCUT2D eigenvalue weighted by Crippen LogP contribution is 2.21. The number of esters is 1. The number of amides is 1. The molecule has 1 aliphatic rings. The zero-order valence-corrected chi connectivity index (χ0v) is 16.0. The average Bonchev–Trinajstić information content (AvgIpc) is 3.04. The minimum atomic E-state index is -3.18. The maximum absolute atomic E-state index is 12.8. The van der Waals surface area contributed by atoms with Gasteiger partial charge in [0.1, 0.15) is 11.3 Å². The summed E-state index contributed by atoms with van der Waals surface area (Å²) in [6, 6.07) is 14.6. The Bertz CT molecular complexity index is 958. The van der Waals surface area contributed by atoms with Crippen molar-refractivity contribution in [2.45, 2.75) is 19.0 Å². The van der Waals surface area contributed by atoms with E-state index in [1.807, 2.05) is 30.3 Å². The van der Waals surface area contributed by atoms with E-state index in [0.717, 1.165) is 5.56 Å². The number of rotatable bonds is 6. The minimum Gasteiger partial charge on any atom is -0.507 e. The molecule has 0 unspecified atom stereocenters. The first-order valence-electron chi connectivity index (χ1n) is 8.85. The third-order valence-electron chi connectivity index (χ3n) is 4.62. The fourth-order valence-corrected chi connectivity index (χ4v) is 4.89. The zero-order valence-electron chi connectivity index (χ0n) is 15.2. The maximum atomic E-state index is 12.8. The molecule has 7 nitrogen and oxygen atoms in total. The number of para-hydroxylation sites is 1. The van der Waals surface area contributed by atoms with Crippen LogP contribution in [0, 0.1) is 0 Å². The highest BCUT2D eigenvalue weighted by molar-refractivity contribution is 7.91. The van der Waals surface area contributed by atoms with Crippen molar-refractivity contribution in [1.82, 2.24) is 4.90 Å². The Labute approximate surface area is 163 Å². The van der Waals surface area contributed by atoms with Gasteiger partial charge in [0.05, 0.1) is 11.5 Å². The number of aromatic hydroxyl groups is 1. The van der Waals surface area contributed by atoms with Crippen molar-refractivity contribution in [2.75, 3.05) is 18.1 Å². The van der Waals surface area contributed by atoms with Crippen LogP contribution in [0.1, 0.15) is 22.3 Å². The average molecular weight is 403 g/mol. The topological polar surface area (TPSA) is 101 Å². The lowest BCUT2D eigenvalue weighted by Gasteiger charge is -2.28. The molecule has 148 valence electrons. The smallest absolute Gasteiger partial charge is 0.342 e. The van der Waals surface area contributed by atoms with Crippen molar-refractivity contribution < 1.29 is 27.9 Å². The van der Waals surface area contributed by atoms with E-state index in [9.17, 15) is 23.1 Å². The van der Waals surface area contributed by atoms with Gasteiger partial charge in [-0.05, 0) is 24.1 Å². The van der Waals surface area contributed by atoms with Crippen molar-refractivity contribution in [3.05, 3.63) is 65.7 Å². The molecule has 0 bridgehead atoms. The highest BCUT2D eigenvalue weighted by atomic mass is 32.2. The van der Waals surface area contributed by atoms with Gasteiger partial charge in [-0.25, -0.2) is 13.2 Å². The lowest BCUT2D eigenvalue weighted by molar-refractivity contribution is -0.137. The van der Waals surface area contributed by atoms with E-state index in [4.69, 9.17) is 4.74 Å². The second-order valence-electron chi connectivity index (χ2n) is 6.66. The van der Waals surface area contributed by atoms with Crippen molar-refractivity contribution >= 4 is 21.7 Å². The van der Waals surface area contributed by atoms with Crippen LogP contribution < -0.4 is 0 Å². The van der Waals surface area contributed by atoms with Gasteiger partial charge < -0.3 is 14.7 Å². The molecule has 1 saturated heterocycles. The van der Waals surface area contributed by atoms with Gasteiger partial charge in [0.2, 0.25) is 0 Å². The van der Waals surface area contributed by atoms with Crippen LogP contribution in [0.25, 0.3) is 0 Å². The molecule has 1 heterocycles. The zero-order chi connectivity index (χ0) is 20.1. The summed E-state index contributed by atoms with van der Waals surface area (Å²) in [5.74, 6) is -1.59. The largest absolute Gasteiger partial charge is 0.507 e. The molecular weight excluding hydrogens is 382 g/mol. The van der Waals surface area contributed by atoms with Gasteiger partial charge in [-0.1, -0.05) is 42.5 Å². The molecule has 1 atom stereocenters. The number of phenolic OH excluding ortho intramolecular Hbond substituents is 1. The van der Waals surface area contributed by atoms with E-state index in [1.54, 1.807) is 12.1 Å². The second kappa shape index (κ2) is 8.43. The van der Waals surface area contributed by atoms with Crippen LogP contribution in [0.3, 0.4) is 0 Å². The Balaban J connectivity index is 1.71. The third-order valence-corrected chi connectivity index (χ3v) is 6.37. The number of nitrogens with zero attached hydrogens (tertiary/aromatic N) is 1. The van der Waals surface area contributed by atoms with E-state index in [0.29, 0.717) is 6.42 Å². The molecule has 0 aliphatic carbocycles. The maximum Gasteiger partial charge on any atom is 0.342 e. The molecule has 2 aromatic rings. The summed E-state index contributed by atoms with van der Waals surface area (Å²) in [4.78, 5) is 26.3. The van der Waals surface area contributed by atoms with Crippen LogP contribution in [0.15, 0.2) is 54.6 Å². The number of carbonyl (C=O) groups excluding carboxylic acids is 2. The standard InChI is InChI=1S/C20H21NO6S/c22-18-9-5-4-8-17(18)20(24)27-13-19(23)21(12-15-6-2-1-3-7-15)16-10-11-28(25,26)14-16/h1-9,16,22H,10-14H2/t16-/m1/s1. The van der Waals surface area contributed by atoms with Crippen molar-refractivity contribution in [3.63, 3.8) is 0 Å². The molecule has 1 amide bonds. The first-order chi connectivity index (χ1) is 13.4. The van der Waals surface area contributed by atoms with E-state index in [2.05, 4.69) is 0 Å². The molecule has 1 aliphatic heterocycles. The molecular formula is C20H21NO6S. The molecule has 0 aromatic heterocycles. The highest BCUT2D eigenvalue weighted by Gasteiger charge is 2.35. The lowest BCUT2D eigenvalue weighted by atomic mass is 10.1. The first-order valence-corrected chi connectivity index (χ1v) is 10.7. The van der Waals surface area contributed by atoms with Crippen molar-refractivity contribution in [3.8, 4) is 5.75 Å². The summed E-state index contributed by atoms with van der Waals surface area (Å²) in [6.45, 7) is -0.301. The molecule has 1 fully saturated rings. The Kier molecular flexibility index (Phi) is 5.99. The summed E-state index contributed by atoms with van der Waals surface area (Å²) in [5.41, 5.74) is 0.820. The number of carbonyl (C=O) groups is 2. The number of sulfone groups is 1. The van der Waals surface area contributed by atoms with Gasteiger partial charge in [0.25, 0.3) is 5.91 Å². The molecule has 3 rings (SSSR count). The third kappa shape index (κ3) is 4.89. The normalized spacial score (nSPS) is 17.8. The monoisotopic (exact) mass is 403 g/mol. The van der Waals surface area contributed by atoms with Gasteiger partial charge in [0, 0.05) is 12.6 Å². The molecule has 8 heteroatoms. The number of hydrogen-bond acceptors (Lipinski definition) is 6. The first kappa shape index (κ1) is 19.9. The van der Waals surface area contributed by atoms with Gasteiger partial charge >= 0.3 is 5.97 Å². The second-order valence-corrected chi connectivity index (χ2v) is 8.89. The van der Waals surface area contributed by atoms with Crippen LogP contribution in [0.2, 0.25) is 0 Å². The number of hydrogen-bond donors (Lipinski definition) is 1. The van der Waals surface area contributed by atoms with Crippen LogP contribution in [0.4, 0.5) is 0 Å². The predicted molar refractivity (Wildman–Crippen MR) is 102 cm³/mol. The number of phenols is 1. The van der Waals surface area contributed by atoms with Crippen LogP contribution >= 0.6 is 0 Å². The Morgan fingerprint density at radius 2 is 1.75 bits per heavy atom. The molecule has 0 saturated carbocycles. The Morgan fingerprint density at radius 1 is 1.07 bits per heavy atom. The van der Waals surface area contributed by atoms with E-state index >= 15 is 0 Å². The summed E-state index contributed by atoms with van der Waals surface area (Å²) in [5, 5.41) is 9.72. The fourth-order valence-electron chi connectivity index (χ4n) is 3.16. The van der Waals surface area contributed by atoms with Gasteiger partial charge in [-0.15, -0.1) is 0 Å². The summed E-state index contributed by atoms with van der Waals surface area (Å²) in [7, 11) is -3.18. The summed E-state index contributed by atoms with van der Waals surface area (Å²) < 4.78 is 28.8. The fraction of sp³-hybridized carbons (Fsp3) is 0.300. The quantitative estimate of drug-likeness (QED) is 0.738. The Morgan fingerprint density at radius 3 is 2.39 bits per heavy atom. The van der Waals surface area contributed by atoms with Gasteiger partial charge in [-0.3, -0.25) is 4.79 Å². The molecule has 2 aromatic carbocycles. The summed E-state index contributed by atoms with van der Waals surface area (Å²) >= 11 is 0. The van der Waals surface area contributed by atoms with E-state index in [1.165, 1.54) is 17.0 Å². The van der Waals surface area contributed by atoms with Crippen molar-refractivity contribution in [2.24, 2.45) is 0 Å². The van der Waals surface area contributed by atoms with E-state index < -0.39 is 34.4 Å². The van der Waals surface area contributed by atoms with Crippen LogP contribution in [-0.2, 0) is 25.9 Å². The number of ether oxygens (including phenoxy) is 1. The number of benzene rings is 2. The van der Waals surface area contributed by atoms with Gasteiger partial charge in [-0.2, -0.15) is 0 Å². The lowest BCUT2D eigenvalue weighted by Crippen LogP contribution is -2.42. The van der Waals surface area contributed by atoms with Crippen molar-refractivity contribution in [1.29, 1.82) is 0 Å². The predicted octanol–water partition coefficient (Wildman–Crippen LogP) is 1.76. The van der Waals surface area contributed by atoms with Crippen LogP contribution in [0.5, 0.6) is 5.75 Å². The minimum absolute atomic E-state index is 0.0339. The molecule has 28 heavy (non-hydrogen) atoms. The van der Waals surface area contributed by atoms with E-state index in [-0.39, 0.29) is 29.4 Å². The summed E-state index contributed by atoms with van der Waals surface area (Å²) in [6.07, 6.45) is 0.355.